The van der Waals surface area contributed by atoms with Gasteiger partial charge in [0.2, 0.25) is 21.8 Å². The van der Waals surface area contributed by atoms with Gasteiger partial charge in [-0.2, -0.15) is 0 Å². The predicted octanol–water partition coefficient (Wildman–Crippen LogP) is 5.42. The van der Waals surface area contributed by atoms with Crippen molar-refractivity contribution in [1.29, 1.82) is 0 Å². The second-order valence-corrected chi connectivity index (χ2v) is 15.7. The number of benzene rings is 2. The Morgan fingerprint density at radius 2 is 1.45 bits per heavy atom. The third-order valence-corrected chi connectivity index (χ3v) is 11.0. The molecule has 6 rings (SSSR count). The largest absolute Gasteiger partial charge is 0.354 e. The van der Waals surface area contributed by atoms with E-state index in [1.165, 1.54) is 53.3 Å². The van der Waals surface area contributed by atoms with Gasteiger partial charge in [-0.1, -0.05) is 55.8 Å². The molecule has 4 aliphatic rings. The van der Waals surface area contributed by atoms with Crippen LogP contribution in [0.1, 0.15) is 76.0 Å². The Bertz CT molecular complexity index is 1350. The summed E-state index contributed by atoms with van der Waals surface area (Å²) in [5.41, 5.74) is 3.97. The molecule has 4 aliphatic carbocycles. The molecule has 0 radical (unpaired) electrons. The van der Waals surface area contributed by atoms with Gasteiger partial charge in [-0.25, -0.2) is 8.42 Å². The molecule has 4 saturated carbocycles. The van der Waals surface area contributed by atoms with E-state index in [0.29, 0.717) is 12.2 Å². The Morgan fingerprint density at radius 3 is 1.95 bits per heavy atom. The highest BCUT2D eigenvalue weighted by atomic mass is 32.2. The van der Waals surface area contributed by atoms with Gasteiger partial charge in [-0.15, -0.1) is 0 Å². The van der Waals surface area contributed by atoms with Crippen LogP contribution in [0.25, 0.3) is 0 Å². The number of carbonyl (C=O) groups is 2. The van der Waals surface area contributed by atoms with Crippen molar-refractivity contribution in [3.63, 3.8) is 0 Å². The number of amides is 2. The van der Waals surface area contributed by atoms with Crippen molar-refractivity contribution >= 4 is 27.5 Å². The van der Waals surface area contributed by atoms with E-state index < -0.39 is 22.0 Å². The Balaban J connectivity index is 1.37. The lowest BCUT2D eigenvalue weighted by Gasteiger charge is -2.57. The number of hydrogen-bond acceptors (Lipinski definition) is 4. The molecule has 0 unspecified atom stereocenters. The molecule has 0 aliphatic heterocycles. The zero-order chi connectivity index (χ0) is 30.2. The third-order valence-electron chi connectivity index (χ3n) is 9.81. The van der Waals surface area contributed by atoms with Gasteiger partial charge in [0.1, 0.15) is 12.6 Å². The molecule has 2 aromatic rings. The highest BCUT2D eigenvalue weighted by molar-refractivity contribution is 7.92. The molecule has 0 saturated heterocycles. The second-order valence-electron chi connectivity index (χ2n) is 13.8. The predicted molar refractivity (Wildman–Crippen MR) is 168 cm³/mol. The highest BCUT2D eigenvalue weighted by Crippen LogP contribution is 2.60. The van der Waals surface area contributed by atoms with Crippen molar-refractivity contribution in [1.82, 2.24) is 10.2 Å². The monoisotopic (exact) mass is 593 g/mol. The molecule has 2 aromatic carbocycles. The zero-order valence-electron chi connectivity index (χ0n) is 25.8. The number of carbonyl (C=O) groups excluding carboxylic acids is 2. The molecule has 7 nitrogen and oxygen atoms in total. The van der Waals surface area contributed by atoms with E-state index in [0.717, 1.165) is 35.1 Å². The van der Waals surface area contributed by atoms with Crippen LogP contribution in [0.2, 0.25) is 0 Å². The summed E-state index contributed by atoms with van der Waals surface area (Å²) >= 11 is 0. The summed E-state index contributed by atoms with van der Waals surface area (Å²) in [6.45, 7) is 8.06. The minimum atomic E-state index is -3.76. The summed E-state index contributed by atoms with van der Waals surface area (Å²) in [6, 6.07) is 15.0. The minimum Gasteiger partial charge on any atom is -0.354 e. The van der Waals surface area contributed by atoms with Crippen LogP contribution in [-0.4, -0.2) is 50.5 Å². The molecule has 4 fully saturated rings. The number of nitrogens with zero attached hydrogens (tertiary/aromatic N) is 2. The fraction of sp³-hybridized carbons (Fsp3) is 0.588. The summed E-state index contributed by atoms with van der Waals surface area (Å²) in [7, 11) is -3.76. The quantitative estimate of drug-likeness (QED) is 0.377. The van der Waals surface area contributed by atoms with Crippen LogP contribution in [0.4, 0.5) is 5.69 Å². The summed E-state index contributed by atoms with van der Waals surface area (Å²) in [5, 5.41) is 2.92. The van der Waals surface area contributed by atoms with Crippen molar-refractivity contribution in [2.24, 2.45) is 23.7 Å². The van der Waals surface area contributed by atoms with Gasteiger partial charge in [0.25, 0.3) is 0 Å². The first-order chi connectivity index (χ1) is 19.8. The van der Waals surface area contributed by atoms with E-state index in [1.807, 2.05) is 57.2 Å². The van der Waals surface area contributed by atoms with Crippen molar-refractivity contribution in [2.45, 2.75) is 84.2 Å². The van der Waals surface area contributed by atoms with Gasteiger partial charge in [-0.3, -0.25) is 13.9 Å². The molecule has 0 spiro atoms. The smallest absolute Gasteiger partial charge is 0.244 e. The van der Waals surface area contributed by atoms with E-state index >= 15 is 0 Å². The molecular formula is C34H47N3O4S. The number of nitrogens with one attached hydrogen (secondary N) is 1. The van der Waals surface area contributed by atoms with Crippen LogP contribution >= 0.6 is 0 Å². The Labute approximate surface area is 252 Å². The summed E-state index contributed by atoms with van der Waals surface area (Å²) in [4.78, 5) is 28.4. The standard InChI is InChI=1S/C34H47N3O4S/c1-23(2)20-35-33(39)25(4)36(21-26-8-6-24(3)7-9-26)32(38)22-37(42(5,40)41)31-12-10-30(11-13-31)34-17-27-14-28(18-34)16-29(15-27)19-34/h6-13,23,25,27-29H,14-22H2,1-5H3,(H,35,39)/t25-,27?,28?,29?,34?/m0/s1. The topological polar surface area (TPSA) is 86.8 Å². The van der Waals surface area contributed by atoms with Crippen molar-refractivity contribution in [3.8, 4) is 0 Å². The van der Waals surface area contributed by atoms with Gasteiger partial charge in [-0.05, 0) is 105 Å². The molecule has 0 heterocycles. The normalized spacial score (nSPS) is 25.3. The van der Waals surface area contributed by atoms with E-state index in [-0.39, 0.29) is 30.3 Å². The fourth-order valence-electron chi connectivity index (χ4n) is 7.98. The molecule has 2 amide bonds. The van der Waals surface area contributed by atoms with Gasteiger partial charge < -0.3 is 10.2 Å². The van der Waals surface area contributed by atoms with Crippen molar-refractivity contribution in [2.75, 3.05) is 23.7 Å². The maximum atomic E-state index is 13.9. The minimum absolute atomic E-state index is 0.206. The highest BCUT2D eigenvalue weighted by Gasteiger charge is 2.51. The molecule has 0 aromatic heterocycles. The first-order valence-electron chi connectivity index (χ1n) is 15.5. The first kappa shape index (κ1) is 30.6. The number of anilines is 1. The summed E-state index contributed by atoms with van der Waals surface area (Å²) < 4.78 is 27.3. The maximum Gasteiger partial charge on any atom is 0.244 e. The SMILES string of the molecule is Cc1ccc(CN(C(=O)CN(c2ccc(C34CC5CC(CC(C5)C3)C4)cc2)S(C)(=O)=O)[C@@H](C)C(=O)NCC(C)C)cc1. The first-order valence-corrected chi connectivity index (χ1v) is 17.4. The van der Waals surface area contributed by atoms with Crippen LogP contribution < -0.4 is 9.62 Å². The average molecular weight is 594 g/mol. The fourth-order valence-corrected chi connectivity index (χ4v) is 8.83. The van der Waals surface area contributed by atoms with E-state index in [1.54, 1.807) is 6.92 Å². The molecular weight excluding hydrogens is 546 g/mol. The van der Waals surface area contributed by atoms with Crippen LogP contribution in [0, 0.1) is 30.6 Å². The Hall–Kier alpha value is -2.87. The van der Waals surface area contributed by atoms with E-state index in [2.05, 4.69) is 17.4 Å². The number of sulfonamides is 1. The molecule has 4 bridgehead atoms. The average Bonchev–Trinajstić information content (AvgIpc) is 2.92. The summed E-state index contributed by atoms with van der Waals surface area (Å²) in [6.07, 6.45) is 8.94. The van der Waals surface area contributed by atoms with Crippen LogP contribution in [0.3, 0.4) is 0 Å². The molecule has 1 N–H and O–H groups in total. The van der Waals surface area contributed by atoms with Crippen LogP contribution in [-0.2, 0) is 31.6 Å². The second kappa shape index (κ2) is 12.0. The third kappa shape index (κ3) is 6.69. The van der Waals surface area contributed by atoms with Crippen LogP contribution in [0.15, 0.2) is 48.5 Å². The van der Waals surface area contributed by atoms with E-state index in [4.69, 9.17) is 0 Å². The molecule has 42 heavy (non-hydrogen) atoms. The van der Waals surface area contributed by atoms with Gasteiger partial charge in [0.15, 0.2) is 0 Å². The lowest BCUT2D eigenvalue weighted by Crippen LogP contribution is -2.51. The molecule has 1 atom stereocenters. The lowest BCUT2D eigenvalue weighted by molar-refractivity contribution is -0.139. The van der Waals surface area contributed by atoms with Crippen molar-refractivity contribution < 1.29 is 18.0 Å². The number of aryl methyl sites for hydroxylation is 1. The lowest BCUT2D eigenvalue weighted by atomic mass is 9.48. The molecule has 228 valence electrons. The maximum absolute atomic E-state index is 13.9. The Kier molecular flexibility index (Phi) is 8.75. The zero-order valence-corrected chi connectivity index (χ0v) is 26.6. The Morgan fingerprint density at radius 1 is 0.905 bits per heavy atom. The van der Waals surface area contributed by atoms with Gasteiger partial charge >= 0.3 is 0 Å². The number of rotatable bonds is 11. The van der Waals surface area contributed by atoms with Crippen molar-refractivity contribution in [3.05, 3.63) is 65.2 Å². The van der Waals surface area contributed by atoms with Gasteiger partial charge in [0.05, 0.1) is 11.9 Å². The number of hydrogen-bond donors (Lipinski definition) is 1. The van der Waals surface area contributed by atoms with E-state index in [9.17, 15) is 18.0 Å². The van der Waals surface area contributed by atoms with Crippen LogP contribution in [0.5, 0.6) is 0 Å². The van der Waals surface area contributed by atoms with Gasteiger partial charge in [0, 0.05) is 13.1 Å². The summed E-state index contributed by atoms with van der Waals surface area (Å²) in [5.74, 6) is 2.05. The molecule has 8 heteroatoms.